The maximum atomic E-state index is 3.63. The Labute approximate surface area is 147 Å². The summed E-state index contributed by atoms with van der Waals surface area (Å²) in [6, 6.07) is 10.2. The van der Waals surface area contributed by atoms with Crippen LogP contribution in [-0.2, 0) is 0 Å². The summed E-state index contributed by atoms with van der Waals surface area (Å²) in [4.78, 5) is 0. The topological polar surface area (TPSA) is 31.5 Å². The van der Waals surface area contributed by atoms with Crippen LogP contribution in [0.15, 0.2) is 52.7 Å². The molecule has 0 fully saturated rings. The highest BCUT2D eigenvalue weighted by Gasteiger charge is 2.18. The molecule has 18 heavy (non-hydrogen) atoms. The van der Waals surface area contributed by atoms with E-state index in [4.69, 9.17) is 0 Å². The second kappa shape index (κ2) is 6.99. The predicted octanol–water partition coefficient (Wildman–Crippen LogP) is 6.34. The van der Waals surface area contributed by atoms with Crippen LogP contribution in [0.25, 0.3) is 11.1 Å². The van der Waals surface area contributed by atoms with Gasteiger partial charge in [-0.1, -0.05) is 30.3 Å². The normalized spacial score (nSPS) is 10.1. The van der Waals surface area contributed by atoms with Crippen molar-refractivity contribution in [1.82, 2.24) is 0 Å². The molecular formula is C12H7Br5O. The third-order valence-corrected chi connectivity index (χ3v) is 8.37. The minimum atomic E-state index is 0. The van der Waals surface area contributed by atoms with E-state index in [0.29, 0.717) is 0 Å². The summed E-state index contributed by atoms with van der Waals surface area (Å²) in [6.45, 7) is 0. The predicted molar refractivity (Wildman–Crippen MR) is 94.0 cm³/mol. The van der Waals surface area contributed by atoms with Crippen molar-refractivity contribution in [2.24, 2.45) is 0 Å². The summed E-state index contributed by atoms with van der Waals surface area (Å²) in [6.07, 6.45) is 0. The van der Waals surface area contributed by atoms with Crippen molar-refractivity contribution in [2.75, 3.05) is 0 Å². The fourth-order valence-corrected chi connectivity index (χ4v) is 4.97. The summed E-state index contributed by atoms with van der Waals surface area (Å²) < 4.78 is 5.00. The summed E-state index contributed by atoms with van der Waals surface area (Å²) in [5.74, 6) is 0. The SMILES string of the molecule is Brc1c(Br)c(Br)c(-c2ccccc2)c(Br)c1Br.O. The summed E-state index contributed by atoms with van der Waals surface area (Å²) >= 11 is 17.9. The van der Waals surface area contributed by atoms with Gasteiger partial charge >= 0.3 is 0 Å². The van der Waals surface area contributed by atoms with E-state index in [1.165, 1.54) is 0 Å². The smallest absolute Gasteiger partial charge is 0.0482 e. The molecule has 6 heteroatoms. The highest BCUT2D eigenvalue weighted by Crippen LogP contribution is 2.48. The van der Waals surface area contributed by atoms with Crippen molar-refractivity contribution in [2.45, 2.75) is 0 Å². The van der Waals surface area contributed by atoms with Crippen LogP contribution in [0.4, 0.5) is 0 Å². The van der Waals surface area contributed by atoms with Crippen molar-refractivity contribution < 1.29 is 5.48 Å². The molecule has 2 rings (SSSR count). The monoisotopic (exact) mass is 562 g/mol. The van der Waals surface area contributed by atoms with E-state index >= 15 is 0 Å². The highest BCUT2D eigenvalue weighted by atomic mass is 79.9. The first kappa shape index (κ1) is 16.9. The molecule has 2 N–H and O–H groups in total. The Morgan fingerprint density at radius 1 is 0.556 bits per heavy atom. The van der Waals surface area contributed by atoms with E-state index in [9.17, 15) is 0 Å². The Bertz CT molecular complexity index is 539. The first-order valence-electron chi connectivity index (χ1n) is 4.61. The van der Waals surface area contributed by atoms with E-state index in [1.807, 2.05) is 18.2 Å². The fraction of sp³-hybridized carbons (Fsp3) is 0. The van der Waals surface area contributed by atoms with Crippen LogP contribution in [-0.4, -0.2) is 5.48 Å². The molecule has 0 radical (unpaired) electrons. The molecule has 1 nitrogen and oxygen atoms in total. The highest BCUT2D eigenvalue weighted by molar-refractivity contribution is 9.15. The lowest BCUT2D eigenvalue weighted by Crippen LogP contribution is -1.87. The Kier molecular flexibility index (Phi) is 6.55. The molecule has 0 aromatic heterocycles. The van der Waals surface area contributed by atoms with Gasteiger partial charge < -0.3 is 5.48 Å². The van der Waals surface area contributed by atoms with Gasteiger partial charge in [0, 0.05) is 27.9 Å². The molecule has 96 valence electrons. The van der Waals surface area contributed by atoms with Gasteiger partial charge in [-0.25, -0.2) is 0 Å². The third kappa shape index (κ3) is 3.10. The summed E-state index contributed by atoms with van der Waals surface area (Å²) in [5.41, 5.74) is 2.27. The molecule has 0 spiro atoms. The first-order chi connectivity index (χ1) is 8.04. The molecule has 0 aliphatic carbocycles. The van der Waals surface area contributed by atoms with Gasteiger partial charge in [0.05, 0.1) is 0 Å². The van der Waals surface area contributed by atoms with Gasteiger partial charge in [0.2, 0.25) is 0 Å². The minimum absolute atomic E-state index is 0. The largest absolute Gasteiger partial charge is 0.412 e. The second-order valence-corrected chi connectivity index (χ2v) is 7.28. The van der Waals surface area contributed by atoms with Crippen molar-refractivity contribution in [3.63, 3.8) is 0 Å². The lowest BCUT2D eigenvalue weighted by atomic mass is 10.1. The molecule has 0 saturated heterocycles. The molecule has 2 aromatic carbocycles. The standard InChI is InChI=1S/C12H5Br5.H2O/c13-8-7(6-4-2-1-3-5-6)9(14)11(16)12(17)10(8)15;/h1-5H;1H2. The van der Waals surface area contributed by atoms with Gasteiger partial charge in [0.15, 0.2) is 0 Å². The van der Waals surface area contributed by atoms with Crippen LogP contribution >= 0.6 is 79.6 Å². The van der Waals surface area contributed by atoms with Crippen molar-refractivity contribution in [3.8, 4) is 11.1 Å². The molecule has 0 bridgehead atoms. The van der Waals surface area contributed by atoms with Crippen molar-refractivity contribution in [1.29, 1.82) is 0 Å². The Balaban J connectivity index is 0.00000162. The molecule has 0 saturated carbocycles. The average Bonchev–Trinajstić information content (AvgIpc) is 2.36. The van der Waals surface area contributed by atoms with Gasteiger partial charge in [-0.2, -0.15) is 0 Å². The molecule has 0 unspecified atom stereocenters. The van der Waals surface area contributed by atoms with Crippen LogP contribution < -0.4 is 0 Å². The lowest BCUT2D eigenvalue weighted by molar-refractivity contribution is 0.824. The Morgan fingerprint density at radius 3 is 1.39 bits per heavy atom. The Morgan fingerprint density at radius 2 is 0.944 bits per heavy atom. The molecule has 2 aromatic rings. The maximum Gasteiger partial charge on any atom is 0.0482 e. The molecule has 0 amide bonds. The van der Waals surface area contributed by atoms with Gasteiger partial charge in [0.1, 0.15) is 0 Å². The number of hydrogen-bond donors (Lipinski definition) is 0. The Hall–Kier alpha value is 0.800. The van der Waals surface area contributed by atoms with E-state index in [1.54, 1.807) is 0 Å². The summed E-state index contributed by atoms with van der Waals surface area (Å²) in [5, 5.41) is 0. The third-order valence-electron chi connectivity index (χ3n) is 2.27. The first-order valence-corrected chi connectivity index (χ1v) is 8.57. The van der Waals surface area contributed by atoms with Crippen LogP contribution in [0, 0.1) is 0 Å². The lowest BCUT2D eigenvalue weighted by Gasteiger charge is -2.13. The zero-order valence-electron chi connectivity index (χ0n) is 8.78. The number of halogens is 5. The van der Waals surface area contributed by atoms with Crippen LogP contribution in [0.1, 0.15) is 0 Å². The van der Waals surface area contributed by atoms with Crippen LogP contribution in [0.5, 0.6) is 0 Å². The maximum absolute atomic E-state index is 3.63. The van der Waals surface area contributed by atoms with Gasteiger partial charge in [-0.15, -0.1) is 0 Å². The zero-order valence-corrected chi connectivity index (χ0v) is 16.7. The van der Waals surface area contributed by atoms with Crippen LogP contribution in [0.2, 0.25) is 0 Å². The van der Waals surface area contributed by atoms with Gasteiger partial charge in [-0.05, 0) is 85.2 Å². The molecular weight excluding hydrogens is 560 g/mol. The fourth-order valence-electron chi connectivity index (χ4n) is 1.46. The van der Waals surface area contributed by atoms with Crippen molar-refractivity contribution >= 4 is 79.6 Å². The zero-order chi connectivity index (χ0) is 12.6. The van der Waals surface area contributed by atoms with E-state index in [-0.39, 0.29) is 5.48 Å². The quantitative estimate of drug-likeness (QED) is 0.285. The van der Waals surface area contributed by atoms with E-state index in [0.717, 1.165) is 33.5 Å². The number of benzene rings is 2. The molecule has 0 aliphatic rings. The average molecular weight is 567 g/mol. The number of hydrogen-bond acceptors (Lipinski definition) is 0. The number of rotatable bonds is 1. The molecule has 0 aliphatic heterocycles. The summed E-state index contributed by atoms with van der Waals surface area (Å²) in [7, 11) is 0. The molecule has 0 atom stereocenters. The van der Waals surface area contributed by atoms with Gasteiger partial charge in [-0.3, -0.25) is 0 Å². The molecule has 0 heterocycles. The van der Waals surface area contributed by atoms with Gasteiger partial charge in [0.25, 0.3) is 0 Å². The van der Waals surface area contributed by atoms with Crippen molar-refractivity contribution in [3.05, 3.63) is 52.7 Å². The van der Waals surface area contributed by atoms with E-state index < -0.39 is 0 Å². The second-order valence-electron chi connectivity index (χ2n) is 3.31. The minimum Gasteiger partial charge on any atom is -0.412 e. The van der Waals surface area contributed by atoms with E-state index in [2.05, 4.69) is 91.8 Å². The van der Waals surface area contributed by atoms with Crippen LogP contribution in [0.3, 0.4) is 0 Å².